The van der Waals surface area contributed by atoms with E-state index in [1.165, 1.54) is 4.90 Å². The second kappa shape index (κ2) is 11.9. The standard InChI is InChI=1S/C26H25ClN4O3.C2HF3O2/c27-18-10-9-16(14-28)17(13-18)15-30-24(32)22-8-4-12-31(22)25(33)26(34)20-6-2-1-5-19(20)23-21(26)7-3-11-29-23;3-2(4,5)1(6)7/h1-3,5-7,9-11,13,22,34H,4,8,12,14-15,28H2,(H,30,32);(H,6,7)/t22-,26?;/m0./s1. The SMILES string of the molecule is NCc1ccc(Cl)cc1CNC(=O)[C@@H]1CCCN1C(=O)C1(O)c2ccccc2-c2ncccc21.O=C(O)C(F)(F)F. The number of likely N-dealkylation sites (tertiary alicyclic amines) is 1. The van der Waals surface area contributed by atoms with Crippen LogP contribution in [0.3, 0.4) is 0 Å². The number of carboxylic acid groups (broad SMARTS) is 1. The molecule has 2 atom stereocenters. The van der Waals surface area contributed by atoms with Crippen LogP contribution in [-0.4, -0.2) is 56.6 Å². The average molecular weight is 591 g/mol. The number of fused-ring (bicyclic) bond motifs is 3. The van der Waals surface area contributed by atoms with Crippen molar-refractivity contribution >= 4 is 29.4 Å². The van der Waals surface area contributed by atoms with Gasteiger partial charge in [0.25, 0.3) is 5.91 Å². The normalized spacial score (nSPS) is 19.1. The maximum atomic E-state index is 13.9. The van der Waals surface area contributed by atoms with Crippen LogP contribution in [-0.2, 0) is 33.1 Å². The molecule has 2 aromatic carbocycles. The Morgan fingerprint density at radius 1 is 1.10 bits per heavy atom. The van der Waals surface area contributed by atoms with E-state index in [9.17, 15) is 27.9 Å². The van der Waals surface area contributed by atoms with Crippen LogP contribution >= 0.6 is 11.6 Å². The van der Waals surface area contributed by atoms with Gasteiger partial charge in [-0.05, 0) is 42.2 Å². The Kier molecular flexibility index (Phi) is 8.66. The number of benzene rings is 2. The van der Waals surface area contributed by atoms with Crippen LogP contribution in [0.1, 0.15) is 35.1 Å². The van der Waals surface area contributed by atoms with E-state index in [0.29, 0.717) is 47.8 Å². The molecule has 1 aliphatic carbocycles. The molecular weight excluding hydrogens is 565 g/mol. The summed E-state index contributed by atoms with van der Waals surface area (Å²) in [7, 11) is 0. The fourth-order valence-corrected chi connectivity index (χ4v) is 5.24. The third-order valence-electron chi connectivity index (χ3n) is 6.98. The van der Waals surface area contributed by atoms with Gasteiger partial charge in [0.1, 0.15) is 6.04 Å². The van der Waals surface area contributed by atoms with Gasteiger partial charge >= 0.3 is 12.1 Å². The summed E-state index contributed by atoms with van der Waals surface area (Å²) in [5.74, 6) is -3.53. The van der Waals surface area contributed by atoms with Crippen molar-refractivity contribution < 1.29 is 37.8 Å². The molecule has 0 radical (unpaired) electrons. The second-order valence-electron chi connectivity index (χ2n) is 9.45. The van der Waals surface area contributed by atoms with E-state index >= 15 is 0 Å². The van der Waals surface area contributed by atoms with Gasteiger partial charge in [-0.15, -0.1) is 0 Å². The lowest BCUT2D eigenvalue weighted by atomic mass is 9.90. The first kappa shape index (κ1) is 30.0. The van der Waals surface area contributed by atoms with E-state index in [2.05, 4.69) is 10.3 Å². The summed E-state index contributed by atoms with van der Waals surface area (Å²) >= 11 is 6.11. The minimum absolute atomic E-state index is 0.254. The quantitative estimate of drug-likeness (QED) is 0.356. The highest BCUT2D eigenvalue weighted by Gasteiger charge is 2.52. The Labute approximate surface area is 237 Å². The van der Waals surface area contributed by atoms with Gasteiger partial charge in [0.15, 0.2) is 5.60 Å². The molecular formula is C28H26ClF3N4O5. The average Bonchev–Trinajstić information content (AvgIpc) is 3.54. The second-order valence-corrected chi connectivity index (χ2v) is 9.89. The van der Waals surface area contributed by atoms with Gasteiger partial charge in [0.05, 0.1) is 5.69 Å². The lowest BCUT2D eigenvalue weighted by Gasteiger charge is -2.32. The van der Waals surface area contributed by atoms with Gasteiger partial charge in [-0.3, -0.25) is 14.6 Å². The zero-order valence-corrected chi connectivity index (χ0v) is 22.2. The van der Waals surface area contributed by atoms with Crippen LogP contribution in [0.2, 0.25) is 5.02 Å². The highest BCUT2D eigenvalue weighted by Crippen LogP contribution is 2.47. The zero-order valence-electron chi connectivity index (χ0n) is 21.5. The molecule has 1 aliphatic heterocycles. The molecule has 0 bridgehead atoms. The number of nitrogens with zero attached hydrogens (tertiary/aromatic N) is 2. The number of nitrogens with one attached hydrogen (secondary N) is 1. The minimum atomic E-state index is -5.08. The number of aromatic nitrogens is 1. The van der Waals surface area contributed by atoms with Crippen molar-refractivity contribution in [3.8, 4) is 11.3 Å². The monoisotopic (exact) mass is 590 g/mol. The van der Waals surface area contributed by atoms with Crippen LogP contribution in [0.25, 0.3) is 11.3 Å². The van der Waals surface area contributed by atoms with Crippen molar-refractivity contribution in [3.63, 3.8) is 0 Å². The molecule has 13 heteroatoms. The van der Waals surface area contributed by atoms with Crippen molar-refractivity contribution in [3.05, 3.63) is 88.1 Å². The Morgan fingerprint density at radius 2 is 1.78 bits per heavy atom. The molecule has 2 aliphatic rings. The number of carbonyl (C=O) groups is 3. The first-order valence-electron chi connectivity index (χ1n) is 12.5. The highest BCUT2D eigenvalue weighted by atomic mass is 35.5. The molecule has 3 aromatic rings. The summed E-state index contributed by atoms with van der Waals surface area (Å²) in [5.41, 5.74) is 7.90. The third-order valence-corrected chi connectivity index (χ3v) is 7.21. The fraction of sp³-hybridized carbons (Fsp3) is 0.286. The van der Waals surface area contributed by atoms with Crippen LogP contribution in [0.5, 0.6) is 0 Å². The summed E-state index contributed by atoms with van der Waals surface area (Å²) in [5, 5.41) is 22.5. The van der Waals surface area contributed by atoms with Gasteiger partial charge in [0.2, 0.25) is 5.91 Å². The van der Waals surface area contributed by atoms with E-state index in [4.69, 9.17) is 27.2 Å². The molecule has 1 fully saturated rings. The zero-order chi connectivity index (χ0) is 29.9. The molecule has 0 spiro atoms. The Hall–Kier alpha value is -4.00. The number of rotatable bonds is 5. The van der Waals surface area contributed by atoms with Gasteiger partial charge in [-0.25, -0.2) is 4.79 Å². The van der Waals surface area contributed by atoms with Crippen LogP contribution in [0.4, 0.5) is 13.2 Å². The number of hydrogen-bond acceptors (Lipinski definition) is 6. The smallest absolute Gasteiger partial charge is 0.475 e. The molecule has 216 valence electrons. The Morgan fingerprint density at radius 3 is 2.46 bits per heavy atom. The molecule has 2 amide bonds. The first-order valence-corrected chi connectivity index (χ1v) is 12.9. The van der Waals surface area contributed by atoms with Gasteiger partial charge in [0, 0.05) is 47.5 Å². The van der Waals surface area contributed by atoms with E-state index in [1.807, 2.05) is 18.2 Å². The fourth-order valence-electron chi connectivity index (χ4n) is 5.04. The van der Waals surface area contributed by atoms with Crippen LogP contribution in [0, 0.1) is 0 Å². The van der Waals surface area contributed by atoms with Crippen molar-refractivity contribution in [2.24, 2.45) is 5.73 Å². The lowest BCUT2D eigenvalue weighted by Crippen LogP contribution is -2.52. The lowest BCUT2D eigenvalue weighted by molar-refractivity contribution is -0.192. The van der Waals surface area contributed by atoms with Gasteiger partial charge in [-0.2, -0.15) is 13.2 Å². The van der Waals surface area contributed by atoms with Gasteiger partial charge < -0.3 is 26.2 Å². The van der Waals surface area contributed by atoms with Crippen molar-refractivity contribution in [1.82, 2.24) is 15.2 Å². The van der Waals surface area contributed by atoms with E-state index in [1.54, 1.807) is 42.6 Å². The van der Waals surface area contributed by atoms with Crippen LogP contribution < -0.4 is 11.1 Å². The number of hydrogen-bond donors (Lipinski definition) is 4. The maximum absolute atomic E-state index is 13.9. The summed E-state index contributed by atoms with van der Waals surface area (Å²) in [6, 6.07) is 15.4. The summed E-state index contributed by atoms with van der Waals surface area (Å²) in [6.45, 7) is 0.975. The van der Waals surface area contributed by atoms with Crippen molar-refractivity contribution in [2.45, 2.75) is 43.8 Å². The number of carbonyl (C=O) groups excluding carboxylic acids is 2. The van der Waals surface area contributed by atoms with Crippen molar-refractivity contribution in [1.29, 1.82) is 0 Å². The molecule has 1 saturated heterocycles. The summed E-state index contributed by atoms with van der Waals surface area (Å²) in [6.07, 6.45) is -2.25. The van der Waals surface area contributed by atoms with E-state index in [-0.39, 0.29) is 12.5 Å². The van der Waals surface area contributed by atoms with E-state index in [0.717, 1.165) is 16.7 Å². The molecule has 0 saturated carbocycles. The maximum Gasteiger partial charge on any atom is 0.490 e. The Balaban J connectivity index is 0.000000493. The molecule has 9 nitrogen and oxygen atoms in total. The van der Waals surface area contributed by atoms with E-state index < -0.39 is 29.7 Å². The summed E-state index contributed by atoms with van der Waals surface area (Å²) < 4.78 is 31.7. The van der Waals surface area contributed by atoms with Gasteiger partial charge in [-0.1, -0.05) is 48.0 Å². The number of carboxylic acids is 1. The topological polar surface area (TPSA) is 146 Å². The molecule has 41 heavy (non-hydrogen) atoms. The third kappa shape index (κ3) is 5.90. The molecule has 1 unspecified atom stereocenters. The number of aliphatic hydroxyl groups is 1. The van der Waals surface area contributed by atoms with Crippen LogP contribution in [0.15, 0.2) is 60.8 Å². The van der Waals surface area contributed by atoms with Crippen molar-refractivity contribution in [2.75, 3.05) is 6.54 Å². The number of nitrogens with two attached hydrogens (primary N) is 1. The largest absolute Gasteiger partial charge is 0.490 e. The number of aliphatic carboxylic acids is 1. The Bertz CT molecular complexity index is 1440. The molecule has 2 heterocycles. The predicted octanol–water partition coefficient (Wildman–Crippen LogP) is 3.35. The predicted molar refractivity (Wildman–Crippen MR) is 142 cm³/mol. The number of alkyl halides is 3. The number of amides is 2. The molecule has 5 rings (SSSR count). The minimum Gasteiger partial charge on any atom is -0.475 e. The summed E-state index contributed by atoms with van der Waals surface area (Å²) in [4.78, 5) is 41.8. The number of halogens is 4. The molecule has 5 N–H and O–H groups in total. The first-order chi connectivity index (χ1) is 19.4. The number of pyridine rings is 1. The highest BCUT2D eigenvalue weighted by molar-refractivity contribution is 6.30. The molecule has 1 aromatic heterocycles.